The van der Waals surface area contributed by atoms with E-state index in [0.29, 0.717) is 12.8 Å². The molecule has 0 aliphatic carbocycles. The highest BCUT2D eigenvalue weighted by Gasteiger charge is 2.26. The van der Waals surface area contributed by atoms with Gasteiger partial charge in [0.05, 0.1) is 13.2 Å². The van der Waals surface area contributed by atoms with E-state index in [-0.39, 0.29) is 32.6 Å². The molecule has 2 atom stereocenters. The van der Waals surface area contributed by atoms with Gasteiger partial charge in [-0.05, 0) is 154 Å². The molecule has 0 aliphatic heterocycles. The Hall–Kier alpha value is -5.67. The molecule has 0 saturated heterocycles. The van der Waals surface area contributed by atoms with Crippen molar-refractivity contribution in [2.75, 3.05) is 26.4 Å². The third-order valence-electron chi connectivity index (χ3n) is 13.9. The lowest BCUT2D eigenvalue weighted by Crippen LogP contribution is -2.29. The molecule has 0 amide bonds. The molecule has 0 heterocycles. The molecule has 0 saturated carbocycles. The number of rotatable bonds is 63. The number of phosphoric ester groups is 1. The van der Waals surface area contributed by atoms with Crippen molar-refractivity contribution in [3.05, 3.63) is 219 Å². The predicted octanol–water partition coefficient (Wildman–Crippen LogP) is 23.6. The summed E-state index contributed by atoms with van der Waals surface area (Å²) in [4.78, 5) is 35.4. The van der Waals surface area contributed by atoms with Crippen molar-refractivity contribution in [1.82, 2.24) is 0 Å². The summed E-state index contributed by atoms with van der Waals surface area (Å²) in [5.74, 6) is -0.873. The molecule has 0 radical (unpaired) electrons. The second kappa shape index (κ2) is 73.4. The molecule has 0 aliphatic rings. The van der Waals surface area contributed by atoms with Crippen LogP contribution in [0.15, 0.2) is 219 Å². The van der Waals surface area contributed by atoms with E-state index in [1.165, 1.54) is 32.1 Å². The van der Waals surface area contributed by atoms with E-state index >= 15 is 0 Å². The molecule has 0 aromatic rings. The molecule has 0 spiro atoms. The minimum absolute atomic E-state index is 0.0371. The fourth-order valence-electron chi connectivity index (χ4n) is 8.74. The Morgan fingerprint density at radius 2 is 0.571 bits per heavy atom. The zero-order chi connectivity index (χ0) is 65.8. The Balaban J connectivity index is 4.06. The summed E-state index contributed by atoms with van der Waals surface area (Å²) in [6.45, 7) is 3.46. The maximum atomic E-state index is 12.8. The summed E-state index contributed by atoms with van der Waals surface area (Å²) < 4.78 is 33.1. The number of nitrogens with two attached hydrogens (primary N) is 1. The molecular weight excluding hydrogens is 1150 g/mol. The van der Waals surface area contributed by atoms with Gasteiger partial charge in [-0.25, -0.2) is 4.57 Å². The van der Waals surface area contributed by atoms with Crippen LogP contribution in [0.1, 0.15) is 245 Å². The highest BCUT2D eigenvalue weighted by Crippen LogP contribution is 2.43. The van der Waals surface area contributed by atoms with Crippen molar-refractivity contribution in [3.8, 4) is 0 Å². The average Bonchev–Trinajstić information content (AvgIpc) is 3.71. The largest absolute Gasteiger partial charge is 0.472 e. The Bertz CT molecular complexity index is 2290. The Labute approximate surface area is 556 Å². The standard InChI is InChI=1S/C81H126NO8P/c1-3-5-7-9-11-13-15-17-19-21-23-25-27-29-31-33-35-36-37-38-39-40-41-42-44-46-48-50-52-54-56-58-60-62-64-66-68-70-72-74-81(84)90-79(78-89-91(85,86)88-76-75-82)77-87-80(83)73-71-69-67-65-63-61-59-57-55-53-51-49-47-45-43-34-32-30-28-26-24-22-20-18-16-14-12-10-8-6-4-2/h5-8,11-14,17-20,23-26,29-32,35-36,38-39,41-43,45-46,48-49,51-52,54,58,60,79H,3-4,9-10,15-16,21-22,27-28,33-34,37,40,44,47,50,53,55-57,59,61-78,82H2,1-2H3,(H,85,86)/b7-5-,8-6-,13-11-,14-12-,19-17-,20-18-,25-23-,26-24-,31-29-,32-30-,36-35-,39-38-,42-41-,45-43-,48-46-,51-49-,54-52-,60-58-. The Morgan fingerprint density at radius 1 is 0.330 bits per heavy atom. The van der Waals surface area contributed by atoms with Gasteiger partial charge in [0.1, 0.15) is 6.61 Å². The van der Waals surface area contributed by atoms with Gasteiger partial charge in [0.25, 0.3) is 0 Å². The summed E-state index contributed by atoms with van der Waals surface area (Å²) >= 11 is 0. The number of hydrogen-bond acceptors (Lipinski definition) is 8. The van der Waals surface area contributed by atoms with Crippen LogP contribution in [-0.2, 0) is 32.7 Å². The predicted molar refractivity (Wildman–Crippen MR) is 394 cm³/mol. The van der Waals surface area contributed by atoms with Gasteiger partial charge in [-0.1, -0.05) is 297 Å². The highest BCUT2D eigenvalue weighted by molar-refractivity contribution is 7.47. The van der Waals surface area contributed by atoms with Gasteiger partial charge in [0.15, 0.2) is 6.10 Å². The van der Waals surface area contributed by atoms with E-state index in [1.807, 2.05) is 0 Å². The highest BCUT2D eigenvalue weighted by atomic mass is 31.2. The first-order valence-electron chi connectivity index (χ1n) is 35.2. The lowest BCUT2D eigenvalue weighted by Gasteiger charge is -2.19. The number of carbonyl (C=O) groups is 2. The summed E-state index contributed by atoms with van der Waals surface area (Å²) in [5.41, 5.74) is 5.40. The number of ether oxygens (including phenoxy) is 2. The maximum Gasteiger partial charge on any atom is 0.472 e. The molecular formula is C81H126NO8P. The first kappa shape index (κ1) is 85.3. The molecule has 10 heteroatoms. The van der Waals surface area contributed by atoms with Crippen molar-refractivity contribution in [2.45, 2.75) is 251 Å². The lowest BCUT2D eigenvalue weighted by atomic mass is 10.1. The van der Waals surface area contributed by atoms with Gasteiger partial charge in [-0.3, -0.25) is 18.6 Å². The van der Waals surface area contributed by atoms with Gasteiger partial charge in [0, 0.05) is 19.4 Å². The summed E-state index contributed by atoms with van der Waals surface area (Å²) in [5, 5.41) is 0. The zero-order valence-corrected chi connectivity index (χ0v) is 57.9. The SMILES string of the molecule is CC/C=C\C/C=C\C/C=C\C/C=C\C/C=C\C/C=C\C/C=C\C/C=C\C/C=C\C/C=C\C/C=C\CCCCCCCC(=O)OC(COC(=O)CCCCCCCCCCC/C=C\C/C=C\C/C=C\C/C=C\C/C=C\C/C=C\C/C=C\CC)COP(=O)(O)OCCN. The van der Waals surface area contributed by atoms with E-state index in [2.05, 4.69) is 233 Å². The number of unbranched alkanes of at least 4 members (excludes halogenated alkanes) is 14. The molecule has 0 fully saturated rings. The maximum absolute atomic E-state index is 12.8. The number of phosphoric acid groups is 1. The van der Waals surface area contributed by atoms with Crippen LogP contribution in [0, 0.1) is 0 Å². The molecule has 3 N–H and O–H groups in total. The average molecular weight is 1270 g/mol. The normalized spacial score (nSPS) is 14.3. The fraction of sp³-hybridized carbons (Fsp3) is 0.531. The molecule has 0 bridgehead atoms. The summed E-state index contributed by atoms with van der Waals surface area (Å²) in [6.07, 6.45) is 114. The number of allylic oxidation sites excluding steroid dienone is 36. The summed E-state index contributed by atoms with van der Waals surface area (Å²) in [7, 11) is -4.42. The van der Waals surface area contributed by atoms with Crippen LogP contribution in [-0.4, -0.2) is 49.3 Å². The van der Waals surface area contributed by atoms with Gasteiger partial charge < -0.3 is 20.1 Å². The van der Waals surface area contributed by atoms with Gasteiger partial charge in [0.2, 0.25) is 0 Å². The van der Waals surface area contributed by atoms with E-state index < -0.39 is 32.5 Å². The van der Waals surface area contributed by atoms with Crippen molar-refractivity contribution < 1.29 is 37.6 Å². The van der Waals surface area contributed by atoms with Gasteiger partial charge in [-0.2, -0.15) is 0 Å². The number of esters is 2. The molecule has 9 nitrogen and oxygen atoms in total. The molecule has 2 unspecified atom stereocenters. The van der Waals surface area contributed by atoms with Crippen LogP contribution < -0.4 is 5.73 Å². The van der Waals surface area contributed by atoms with Gasteiger partial charge >= 0.3 is 19.8 Å². The Morgan fingerprint density at radius 3 is 0.846 bits per heavy atom. The summed E-state index contributed by atoms with van der Waals surface area (Å²) in [6, 6.07) is 0. The van der Waals surface area contributed by atoms with E-state index in [4.69, 9.17) is 24.3 Å². The quantitative estimate of drug-likeness (QED) is 0.0264. The first-order chi connectivity index (χ1) is 44.8. The molecule has 0 aromatic heterocycles. The molecule has 508 valence electrons. The number of hydrogen-bond donors (Lipinski definition) is 2. The minimum atomic E-state index is -4.42. The van der Waals surface area contributed by atoms with E-state index in [1.54, 1.807) is 0 Å². The van der Waals surface area contributed by atoms with E-state index in [0.717, 1.165) is 173 Å². The third kappa shape index (κ3) is 73.3. The van der Waals surface area contributed by atoms with E-state index in [9.17, 15) is 19.0 Å². The molecule has 0 aromatic carbocycles. The van der Waals surface area contributed by atoms with Gasteiger partial charge in [-0.15, -0.1) is 0 Å². The minimum Gasteiger partial charge on any atom is -0.462 e. The van der Waals surface area contributed by atoms with Crippen molar-refractivity contribution in [3.63, 3.8) is 0 Å². The Kier molecular flexibility index (Phi) is 68.8. The van der Waals surface area contributed by atoms with Crippen molar-refractivity contribution >= 4 is 19.8 Å². The second-order valence-electron chi connectivity index (χ2n) is 22.3. The van der Waals surface area contributed by atoms with Crippen LogP contribution >= 0.6 is 7.82 Å². The number of carbonyl (C=O) groups excluding carboxylic acids is 2. The van der Waals surface area contributed by atoms with Crippen LogP contribution in [0.5, 0.6) is 0 Å². The smallest absolute Gasteiger partial charge is 0.462 e. The van der Waals surface area contributed by atoms with Crippen LogP contribution in [0.4, 0.5) is 0 Å². The van der Waals surface area contributed by atoms with Crippen LogP contribution in [0.25, 0.3) is 0 Å². The van der Waals surface area contributed by atoms with Crippen molar-refractivity contribution in [1.29, 1.82) is 0 Å². The zero-order valence-electron chi connectivity index (χ0n) is 57.0. The molecule has 0 rings (SSSR count). The van der Waals surface area contributed by atoms with Crippen LogP contribution in [0.2, 0.25) is 0 Å². The third-order valence-corrected chi connectivity index (χ3v) is 14.8. The topological polar surface area (TPSA) is 134 Å². The second-order valence-corrected chi connectivity index (χ2v) is 23.7. The van der Waals surface area contributed by atoms with Crippen LogP contribution in [0.3, 0.4) is 0 Å². The lowest BCUT2D eigenvalue weighted by molar-refractivity contribution is -0.161. The monoisotopic (exact) mass is 1270 g/mol. The first-order valence-corrected chi connectivity index (χ1v) is 36.7. The fourth-order valence-corrected chi connectivity index (χ4v) is 9.50. The molecule has 91 heavy (non-hydrogen) atoms. The van der Waals surface area contributed by atoms with Crippen molar-refractivity contribution in [2.24, 2.45) is 5.73 Å².